The molecule has 8 heteroatoms. The summed E-state index contributed by atoms with van der Waals surface area (Å²) >= 11 is 0. The van der Waals surface area contributed by atoms with Gasteiger partial charge in [0.25, 0.3) is 5.69 Å². The van der Waals surface area contributed by atoms with Crippen molar-refractivity contribution >= 4 is 22.2 Å². The largest absolute Gasteiger partial charge is 0.377 e. The zero-order valence-corrected chi connectivity index (χ0v) is 10.7. The lowest BCUT2D eigenvalue weighted by atomic mass is 10.1. The van der Waals surface area contributed by atoms with Gasteiger partial charge in [-0.2, -0.15) is 0 Å². The molecule has 1 N–H and O–H groups in total. The van der Waals surface area contributed by atoms with Crippen molar-refractivity contribution in [3.63, 3.8) is 0 Å². The molecule has 0 spiro atoms. The quantitative estimate of drug-likeness (QED) is 0.684. The summed E-state index contributed by atoms with van der Waals surface area (Å²) in [6, 6.07) is 1.21. The van der Waals surface area contributed by atoms with Crippen LogP contribution in [0.2, 0.25) is 0 Å². The average molecular weight is 290 g/mol. The Balaban J connectivity index is 2.16. The summed E-state index contributed by atoms with van der Waals surface area (Å²) in [7, 11) is -0.856. The highest BCUT2D eigenvalue weighted by atomic mass is 32.2. The van der Waals surface area contributed by atoms with Crippen molar-refractivity contribution in [1.29, 1.82) is 0 Å². The van der Waals surface area contributed by atoms with Crippen molar-refractivity contribution in [3.05, 3.63) is 33.9 Å². The molecular weight excluding hydrogens is 278 g/mol. The van der Waals surface area contributed by atoms with E-state index >= 15 is 0 Å². The standard InChI is InChI=1S/C11H12F2N2O3S/c12-9-5-8(15(16)17)6-10(13)11(9)14-7-1-3-19(18)4-2-7/h5-7,14H,1-4H2. The van der Waals surface area contributed by atoms with E-state index < -0.39 is 33.0 Å². The van der Waals surface area contributed by atoms with Gasteiger partial charge in [-0.1, -0.05) is 0 Å². The van der Waals surface area contributed by atoms with E-state index in [9.17, 15) is 23.1 Å². The van der Waals surface area contributed by atoms with Gasteiger partial charge in [0.2, 0.25) is 0 Å². The van der Waals surface area contributed by atoms with Gasteiger partial charge < -0.3 is 5.32 Å². The lowest BCUT2D eigenvalue weighted by Gasteiger charge is -2.23. The molecule has 1 aromatic carbocycles. The fourth-order valence-corrected chi connectivity index (χ4v) is 3.24. The minimum Gasteiger partial charge on any atom is -0.377 e. The molecule has 0 saturated carbocycles. The predicted molar refractivity (Wildman–Crippen MR) is 67.5 cm³/mol. The first-order valence-electron chi connectivity index (χ1n) is 5.72. The average Bonchev–Trinajstić information content (AvgIpc) is 2.35. The van der Waals surface area contributed by atoms with Crippen LogP contribution < -0.4 is 5.32 Å². The lowest BCUT2D eigenvalue weighted by molar-refractivity contribution is -0.385. The maximum absolute atomic E-state index is 13.6. The van der Waals surface area contributed by atoms with Crippen molar-refractivity contribution in [2.24, 2.45) is 0 Å². The molecule has 5 nitrogen and oxygen atoms in total. The van der Waals surface area contributed by atoms with Crippen LogP contribution in [0.5, 0.6) is 0 Å². The molecule has 1 saturated heterocycles. The fraction of sp³-hybridized carbons (Fsp3) is 0.455. The predicted octanol–water partition coefficient (Wildman–Crippen LogP) is 2.20. The Bertz CT molecular complexity index is 506. The second kappa shape index (κ2) is 5.60. The van der Waals surface area contributed by atoms with E-state index in [-0.39, 0.29) is 11.7 Å². The van der Waals surface area contributed by atoms with Gasteiger partial charge in [0, 0.05) is 28.3 Å². The molecule has 1 aromatic rings. The van der Waals surface area contributed by atoms with Gasteiger partial charge in [-0.3, -0.25) is 14.3 Å². The number of nitro benzene ring substituents is 1. The van der Waals surface area contributed by atoms with E-state index in [2.05, 4.69) is 5.32 Å². The molecule has 0 radical (unpaired) electrons. The SMILES string of the molecule is O=[N+]([O-])c1cc(F)c(NC2CCS(=O)CC2)c(F)c1. The van der Waals surface area contributed by atoms with Gasteiger partial charge in [0.15, 0.2) is 11.6 Å². The molecule has 0 aromatic heterocycles. The van der Waals surface area contributed by atoms with E-state index in [1.807, 2.05) is 0 Å². The minimum atomic E-state index is -0.988. The summed E-state index contributed by atoms with van der Waals surface area (Å²) in [5.74, 6) is -0.987. The second-order valence-electron chi connectivity index (χ2n) is 4.31. The third-order valence-electron chi connectivity index (χ3n) is 2.97. The maximum Gasteiger partial charge on any atom is 0.275 e. The molecule has 1 heterocycles. The molecule has 0 amide bonds. The number of nitro groups is 1. The number of halogens is 2. The monoisotopic (exact) mass is 290 g/mol. The van der Waals surface area contributed by atoms with Crippen LogP contribution in [0.4, 0.5) is 20.2 Å². The van der Waals surface area contributed by atoms with Crippen LogP contribution in [0.3, 0.4) is 0 Å². The molecule has 2 rings (SSSR count). The van der Waals surface area contributed by atoms with Crippen LogP contribution in [-0.2, 0) is 10.8 Å². The minimum absolute atomic E-state index is 0.164. The first-order chi connectivity index (χ1) is 8.97. The van der Waals surface area contributed by atoms with Crippen LogP contribution in [-0.4, -0.2) is 26.7 Å². The molecule has 0 unspecified atom stereocenters. The Labute approximate surface area is 110 Å². The molecule has 1 aliphatic heterocycles. The normalized spacial score (nSPS) is 23.1. The van der Waals surface area contributed by atoms with Crippen molar-refractivity contribution < 1.29 is 17.9 Å². The Morgan fingerprint density at radius 3 is 2.26 bits per heavy atom. The Morgan fingerprint density at radius 1 is 1.26 bits per heavy atom. The van der Waals surface area contributed by atoms with Crippen LogP contribution in [0.25, 0.3) is 0 Å². The zero-order valence-electron chi connectivity index (χ0n) is 9.90. The third-order valence-corrected chi connectivity index (χ3v) is 4.36. The van der Waals surface area contributed by atoms with Crippen LogP contribution in [0.1, 0.15) is 12.8 Å². The number of hydrogen-bond donors (Lipinski definition) is 1. The van der Waals surface area contributed by atoms with Crippen molar-refractivity contribution in [2.45, 2.75) is 18.9 Å². The summed E-state index contributed by atoms with van der Waals surface area (Å²) in [5, 5.41) is 13.2. The number of nitrogens with one attached hydrogen (secondary N) is 1. The summed E-state index contributed by atoms with van der Waals surface area (Å²) in [5.41, 5.74) is -0.978. The van der Waals surface area contributed by atoms with Crippen LogP contribution >= 0.6 is 0 Å². The molecular formula is C11H12F2N2O3S. The van der Waals surface area contributed by atoms with Crippen LogP contribution in [0.15, 0.2) is 12.1 Å². The molecule has 0 bridgehead atoms. The van der Waals surface area contributed by atoms with E-state index in [0.717, 1.165) is 0 Å². The highest BCUT2D eigenvalue weighted by Gasteiger charge is 2.22. The molecule has 1 aliphatic rings. The van der Waals surface area contributed by atoms with Crippen molar-refractivity contribution in [1.82, 2.24) is 0 Å². The first-order valence-corrected chi connectivity index (χ1v) is 7.21. The highest BCUT2D eigenvalue weighted by Crippen LogP contribution is 2.26. The van der Waals surface area contributed by atoms with Gasteiger partial charge >= 0.3 is 0 Å². The maximum atomic E-state index is 13.6. The smallest absolute Gasteiger partial charge is 0.275 e. The van der Waals surface area contributed by atoms with E-state index in [4.69, 9.17) is 0 Å². The number of rotatable bonds is 3. The molecule has 104 valence electrons. The Hall–Kier alpha value is -1.57. The Morgan fingerprint density at radius 2 is 1.79 bits per heavy atom. The van der Waals surface area contributed by atoms with Gasteiger partial charge in [-0.25, -0.2) is 8.78 Å². The summed E-state index contributed by atoms with van der Waals surface area (Å²) in [6.07, 6.45) is 1.12. The third kappa shape index (κ3) is 3.25. The number of anilines is 1. The Kier molecular flexibility index (Phi) is 4.08. The number of non-ortho nitro benzene ring substituents is 1. The van der Waals surface area contributed by atoms with Gasteiger partial charge in [0.05, 0.1) is 17.1 Å². The van der Waals surface area contributed by atoms with E-state index in [0.29, 0.717) is 36.5 Å². The van der Waals surface area contributed by atoms with Crippen molar-refractivity contribution in [3.8, 4) is 0 Å². The lowest BCUT2D eigenvalue weighted by Crippen LogP contribution is -2.30. The van der Waals surface area contributed by atoms with Gasteiger partial charge in [0.1, 0.15) is 5.69 Å². The van der Waals surface area contributed by atoms with E-state index in [1.54, 1.807) is 0 Å². The van der Waals surface area contributed by atoms with Crippen LogP contribution in [0, 0.1) is 21.7 Å². The number of hydrogen-bond acceptors (Lipinski definition) is 4. The molecule has 0 aliphatic carbocycles. The number of nitrogens with zero attached hydrogens (tertiary/aromatic N) is 1. The van der Waals surface area contributed by atoms with Gasteiger partial charge in [-0.05, 0) is 12.8 Å². The first kappa shape index (κ1) is 13.9. The second-order valence-corrected chi connectivity index (χ2v) is 6.00. The number of benzene rings is 1. The zero-order chi connectivity index (χ0) is 14.0. The fourth-order valence-electron chi connectivity index (χ4n) is 1.95. The van der Waals surface area contributed by atoms with Gasteiger partial charge in [-0.15, -0.1) is 0 Å². The molecule has 19 heavy (non-hydrogen) atoms. The molecule has 0 atom stereocenters. The summed E-state index contributed by atoms with van der Waals surface area (Å²) in [4.78, 5) is 9.61. The highest BCUT2D eigenvalue weighted by molar-refractivity contribution is 7.85. The summed E-state index contributed by atoms with van der Waals surface area (Å²) in [6.45, 7) is 0. The summed E-state index contributed by atoms with van der Waals surface area (Å²) < 4.78 is 38.4. The van der Waals surface area contributed by atoms with E-state index in [1.165, 1.54) is 0 Å². The topological polar surface area (TPSA) is 72.2 Å². The van der Waals surface area contributed by atoms with Crippen molar-refractivity contribution in [2.75, 3.05) is 16.8 Å². The molecule has 1 fully saturated rings.